The van der Waals surface area contributed by atoms with Gasteiger partial charge in [-0.1, -0.05) is 19.1 Å². The summed E-state index contributed by atoms with van der Waals surface area (Å²) >= 11 is 0. The van der Waals surface area contributed by atoms with E-state index in [0.717, 1.165) is 12.0 Å². The zero-order valence-electron chi connectivity index (χ0n) is 15.6. The summed E-state index contributed by atoms with van der Waals surface area (Å²) in [5.41, 5.74) is 0.198. The first-order valence-electron chi connectivity index (χ1n) is 8.38. The number of halogens is 1. The third-order valence-electron chi connectivity index (χ3n) is 5.26. The molecular weight excluding hydrogens is 308 g/mol. The molecule has 1 unspecified atom stereocenters. The van der Waals surface area contributed by atoms with Crippen molar-refractivity contribution in [3.8, 4) is 0 Å². The van der Waals surface area contributed by atoms with Crippen molar-refractivity contribution in [1.29, 1.82) is 0 Å². The molecule has 0 N–H and O–H groups in total. The molecule has 0 spiro atoms. The van der Waals surface area contributed by atoms with Crippen molar-refractivity contribution in [2.24, 2.45) is 0 Å². The van der Waals surface area contributed by atoms with E-state index in [4.69, 9.17) is 9.31 Å². The van der Waals surface area contributed by atoms with E-state index in [1.165, 1.54) is 13.0 Å². The summed E-state index contributed by atoms with van der Waals surface area (Å²) in [5, 5.41) is 0. The zero-order chi connectivity index (χ0) is 18.3. The Hall–Kier alpha value is -1.40. The Labute approximate surface area is 144 Å². The summed E-state index contributed by atoms with van der Waals surface area (Å²) in [6, 6.07) is 4.79. The van der Waals surface area contributed by atoms with Gasteiger partial charge in [0.25, 0.3) is 0 Å². The van der Waals surface area contributed by atoms with Crippen molar-refractivity contribution in [3.05, 3.63) is 29.6 Å². The molecule has 1 aromatic carbocycles. The van der Waals surface area contributed by atoms with Crippen LogP contribution in [0.15, 0.2) is 18.2 Å². The Morgan fingerprint density at radius 2 is 1.79 bits per heavy atom. The molecule has 0 bridgehead atoms. The molecule has 1 aromatic rings. The van der Waals surface area contributed by atoms with E-state index in [-0.39, 0.29) is 17.8 Å². The highest BCUT2D eigenvalue weighted by Gasteiger charge is 2.52. The van der Waals surface area contributed by atoms with Gasteiger partial charge in [0.05, 0.1) is 17.2 Å². The summed E-state index contributed by atoms with van der Waals surface area (Å²) < 4.78 is 26.3. The smallest absolute Gasteiger partial charge is 0.399 e. The van der Waals surface area contributed by atoms with Gasteiger partial charge >= 0.3 is 7.12 Å². The van der Waals surface area contributed by atoms with Gasteiger partial charge in [-0.2, -0.15) is 0 Å². The van der Waals surface area contributed by atoms with Gasteiger partial charge in [-0.15, -0.1) is 0 Å². The predicted octanol–water partition coefficient (Wildman–Crippen LogP) is 3.05. The summed E-state index contributed by atoms with van der Waals surface area (Å²) in [6.45, 7) is 11.3. The second-order valence-electron chi connectivity index (χ2n) is 7.42. The van der Waals surface area contributed by atoms with Gasteiger partial charge in [0, 0.05) is 19.4 Å². The maximum absolute atomic E-state index is 14.4. The Bertz CT molecular complexity index is 617. The molecule has 0 radical (unpaired) electrons. The number of nitrogens with zero attached hydrogens (tertiary/aromatic N) is 1. The van der Waals surface area contributed by atoms with E-state index < -0.39 is 18.3 Å². The molecule has 1 saturated heterocycles. The van der Waals surface area contributed by atoms with Gasteiger partial charge in [0.2, 0.25) is 5.91 Å². The highest BCUT2D eigenvalue weighted by Crippen LogP contribution is 2.37. The molecular formula is C18H27BFNO3. The molecule has 4 nitrogen and oxygen atoms in total. The van der Waals surface area contributed by atoms with Gasteiger partial charge in [-0.3, -0.25) is 4.79 Å². The van der Waals surface area contributed by atoms with Crippen LogP contribution in [-0.2, 0) is 14.1 Å². The van der Waals surface area contributed by atoms with Crippen LogP contribution in [-0.4, -0.2) is 36.2 Å². The molecule has 1 atom stereocenters. The van der Waals surface area contributed by atoms with Crippen molar-refractivity contribution in [3.63, 3.8) is 0 Å². The molecule has 6 heteroatoms. The standard InChI is InChI=1S/C18H27BFNO3/c1-8-16(21(7)12(2)22)13-9-10-15(20)14(11-13)19-23-17(3,4)18(5,6)24-19/h9-11,16H,8H2,1-7H3. The van der Waals surface area contributed by atoms with E-state index in [1.807, 2.05) is 34.6 Å². The average Bonchev–Trinajstić information content (AvgIpc) is 2.69. The van der Waals surface area contributed by atoms with Crippen molar-refractivity contribution in [2.45, 2.75) is 65.2 Å². The normalized spacial score (nSPS) is 20.1. The third kappa shape index (κ3) is 3.35. The second-order valence-corrected chi connectivity index (χ2v) is 7.42. The minimum atomic E-state index is -0.755. The molecule has 2 rings (SSSR count). The molecule has 1 aliphatic heterocycles. The number of rotatable bonds is 4. The molecule has 0 aliphatic carbocycles. The van der Waals surface area contributed by atoms with Gasteiger partial charge in [-0.05, 0) is 45.7 Å². The van der Waals surface area contributed by atoms with Crippen LogP contribution in [0.5, 0.6) is 0 Å². The van der Waals surface area contributed by atoms with Crippen LogP contribution in [0.2, 0.25) is 0 Å². The summed E-state index contributed by atoms with van der Waals surface area (Å²) in [4.78, 5) is 13.4. The maximum Gasteiger partial charge on any atom is 0.497 e. The van der Waals surface area contributed by atoms with Crippen LogP contribution < -0.4 is 5.46 Å². The molecule has 0 saturated carbocycles. The first-order valence-corrected chi connectivity index (χ1v) is 8.38. The predicted molar refractivity (Wildman–Crippen MR) is 93.6 cm³/mol. The highest BCUT2D eigenvalue weighted by molar-refractivity contribution is 6.62. The third-order valence-corrected chi connectivity index (χ3v) is 5.26. The van der Waals surface area contributed by atoms with Crippen molar-refractivity contribution in [2.75, 3.05) is 7.05 Å². The van der Waals surface area contributed by atoms with Crippen LogP contribution in [0.4, 0.5) is 4.39 Å². The molecule has 1 fully saturated rings. The molecule has 1 aliphatic rings. The Kier molecular flexibility index (Phi) is 5.12. The lowest BCUT2D eigenvalue weighted by molar-refractivity contribution is -0.129. The summed E-state index contributed by atoms with van der Waals surface area (Å²) in [5.74, 6) is -0.388. The number of amides is 1. The SMILES string of the molecule is CCC(c1ccc(F)c(B2OC(C)(C)C(C)(C)O2)c1)N(C)C(C)=O. The fraction of sp³-hybridized carbons (Fsp3) is 0.611. The van der Waals surface area contributed by atoms with Crippen LogP contribution >= 0.6 is 0 Å². The molecule has 24 heavy (non-hydrogen) atoms. The van der Waals surface area contributed by atoms with E-state index in [0.29, 0.717) is 5.46 Å². The molecule has 1 amide bonds. The van der Waals surface area contributed by atoms with Crippen molar-refractivity contribution in [1.82, 2.24) is 4.90 Å². The first kappa shape index (κ1) is 18.9. The number of benzene rings is 1. The van der Waals surface area contributed by atoms with Gasteiger partial charge < -0.3 is 14.2 Å². The Morgan fingerprint density at radius 1 is 1.25 bits per heavy atom. The molecule has 0 aromatic heterocycles. The van der Waals surface area contributed by atoms with E-state index in [2.05, 4.69) is 0 Å². The summed E-state index contributed by atoms with van der Waals surface area (Å²) in [7, 11) is 1.00. The monoisotopic (exact) mass is 335 g/mol. The minimum Gasteiger partial charge on any atom is -0.399 e. The zero-order valence-corrected chi connectivity index (χ0v) is 15.6. The van der Waals surface area contributed by atoms with Crippen LogP contribution in [0, 0.1) is 5.82 Å². The Morgan fingerprint density at radius 3 is 2.25 bits per heavy atom. The lowest BCUT2D eigenvalue weighted by Gasteiger charge is -2.32. The largest absolute Gasteiger partial charge is 0.497 e. The van der Waals surface area contributed by atoms with Gasteiger partial charge in [-0.25, -0.2) is 4.39 Å². The lowest BCUT2D eigenvalue weighted by atomic mass is 9.77. The number of hydrogen-bond acceptors (Lipinski definition) is 3. The highest BCUT2D eigenvalue weighted by atomic mass is 19.1. The topological polar surface area (TPSA) is 38.8 Å². The Balaban J connectivity index is 2.38. The summed E-state index contributed by atoms with van der Waals surface area (Å²) in [6.07, 6.45) is 0.741. The number of carbonyl (C=O) groups is 1. The van der Waals surface area contributed by atoms with E-state index in [9.17, 15) is 9.18 Å². The van der Waals surface area contributed by atoms with Crippen molar-refractivity contribution < 1.29 is 18.5 Å². The molecule has 1 heterocycles. The quantitative estimate of drug-likeness (QED) is 0.794. The minimum absolute atomic E-state index is 0.0247. The molecule has 132 valence electrons. The van der Waals surface area contributed by atoms with Gasteiger partial charge in [0.15, 0.2) is 0 Å². The number of hydrogen-bond donors (Lipinski definition) is 0. The van der Waals surface area contributed by atoms with Crippen LogP contribution in [0.1, 0.15) is 59.6 Å². The van der Waals surface area contributed by atoms with Crippen LogP contribution in [0.3, 0.4) is 0 Å². The first-order chi connectivity index (χ1) is 11.0. The number of carbonyl (C=O) groups excluding carboxylic acids is 1. The second kappa shape index (κ2) is 6.49. The average molecular weight is 335 g/mol. The fourth-order valence-corrected chi connectivity index (χ4v) is 2.87. The fourth-order valence-electron chi connectivity index (χ4n) is 2.87. The maximum atomic E-state index is 14.4. The van der Waals surface area contributed by atoms with E-state index in [1.54, 1.807) is 24.1 Å². The van der Waals surface area contributed by atoms with E-state index >= 15 is 0 Å². The lowest BCUT2D eigenvalue weighted by Crippen LogP contribution is -2.41. The van der Waals surface area contributed by atoms with Crippen LogP contribution in [0.25, 0.3) is 0 Å². The van der Waals surface area contributed by atoms with Gasteiger partial charge in [0.1, 0.15) is 5.82 Å². The van der Waals surface area contributed by atoms with Crippen molar-refractivity contribution >= 4 is 18.5 Å².